The molecule has 0 spiro atoms. The average molecular weight is 433 g/mol. The molecule has 0 N–H and O–H groups in total. The van der Waals surface area contributed by atoms with Gasteiger partial charge in [-0.15, -0.1) is 0 Å². The number of aromatic nitrogens is 1. The molecule has 2 aromatic carbocycles. The minimum atomic E-state index is -0.464. The van der Waals surface area contributed by atoms with Crippen LogP contribution in [-0.2, 0) is 17.8 Å². The highest BCUT2D eigenvalue weighted by atomic mass is 32.1. The van der Waals surface area contributed by atoms with E-state index in [9.17, 15) is 14.9 Å². The van der Waals surface area contributed by atoms with Gasteiger partial charge in [0.2, 0.25) is 0 Å². The number of thiazole rings is 1. The van der Waals surface area contributed by atoms with E-state index in [4.69, 9.17) is 4.42 Å². The Hall–Kier alpha value is -3.78. The Labute approximate surface area is 182 Å². The number of amides is 1. The van der Waals surface area contributed by atoms with E-state index in [0.717, 1.165) is 16.6 Å². The van der Waals surface area contributed by atoms with Gasteiger partial charge in [0.1, 0.15) is 5.76 Å². The molecule has 0 aliphatic rings. The third-order valence-corrected chi connectivity index (χ3v) is 5.78. The highest BCUT2D eigenvalue weighted by Crippen LogP contribution is 2.31. The number of benzene rings is 2. The van der Waals surface area contributed by atoms with Gasteiger partial charge in [-0.25, -0.2) is 4.98 Å². The lowest BCUT2D eigenvalue weighted by atomic mass is 10.2. The summed E-state index contributed by atoms with van der Waals surface area (Å²) in [6, 6.07) is 15.8. The Morgan fingerprint density at radius 2 is 2.10 bits per heavy atom. The minimum absolute atomic E-state index is 0.0278. The number of nitrogens with zero attached hydrogens (tertiary/aromatic N) is 3. The van der Waals surface area contributed by atoms with Gasteiger partial charge in [0.15, 0.2) is 5.13 Å². The third-order valence-electron chi connectivity index (χ3n) is 4.74. The van der Waals surface area contributed by atoms with Crippen LogP contribution in [-0.4, -0.2) is 15.8 Å². The molecular weight excluding hydrogens is 414 g/mol. The second kappa shape index (κ2) is 8.93. The molecule has 0 aliphatic heterocycles. The van der Waals surface area contributed by atoms with Gasteiger partial charge in [-0.05, 0) is 47.9 Å². The molecule has 0 radical (unpaired) electrons. The van der Waals surface area contributed by atoms with Gasteiger partial charge in [0, 0.05) is 18.2 Å². The molecule has 4 aromatic rings. The smallest absolute Gasteiger partial charge is 0.270 e. The van der Waals surface area contributed by atoms with Crippen molar-refractivity contribution in [1.82, 2.24) is 4.98 Å². The molecule has 31 heavy (non-hydrogen) atoms. The van der Waals surface area contributed by atoms with E-state index < -0.39 is 4.92 Å². The Balaban J connectivity index is 1.65. The van der Waals surface area contributed by atoms with E-state index in [1.807, 2.05) is 12.1 Å². The van der Waals surface area contributed by atoms with Crippen molar-refractivity contribution in [1.29, 1.82) is 0 Å². The maximum Gasteiger partial charge on any atom is 0.270 e. The fourth-order valence-corrected chi connectivity index (χ4v) is 4.12. The maximum absolute atomic E-state index is 13.1. The van der Waals surface area contributed by atoms with Gasteiger partial charge in [-0.1, -0.05) is 36.5 Å². The van der Waals surface area contributed by atoms with Crippen LogP contribution < -0.4 is 4.90 Å². The highest BCUT2D eigenvalue weighted by Gasteiger charge is 2.20. The zero-order chi connectivity index (χ0) is 21.8. The Morgan fingerprint density at radius 3 is 2.84 bits per heavy atom. The van der Waals surface area contributed by atoms with Crippen molar-refractivity contribution >= 4 is 44.4 Å². The predicted octanol–water partition coefficient (Wildman–Crippen LogP) is 5.61. The van der Waals surface area contributed by atoms with Crippen molar-refractivity contribution < 1.29 is 14.1 Å². The largest absolute Gasteiger partial charge is 0.467 e. The number of carbonyl (C=O) groups excluding carboxylic acids is 1. The number of carbonyl (C=O) groups is 1. The number of non-ortho nitro benzene ring substituents is 1. The SMILES string of the molecule is CCc1ccc2nc(N(Cc3ccco3)C(=O)/C=C/c3cccc([N+](=O)[O-])c3)sc2c1. The molecule has 0 bridgehead atoms. The summed E-state index contributed by atoms with van der Waals surface area (Å²) in [7, 11) is 0. The number of aryl methyl sites for hydroxylation is 1. The highest BCUT2D eigenvalue weighted by molar-refractivity contribution is 7.22. The fraction of sp³-hybridized carbons (Fsp3) is 0.130. The lowest BCUT2D eigenvalue weighted by molar-refractivity contribution is -0.384. The van der Waals surface area contributed by atoms with Crippen LogP contribution in [0, 0.1) is 10.1 Å². The van der Waals surface area contributed by atoms with Crippen LogP contribution >= 0.6 is 11.3 Å². The standard InChI is InChI=1S/C23H19N3O4S/c1-2-16-8-10-20-21(14-16)31-23(24-20)25(15-19-7-4-12-30-19)22(27)11-9-17-5-3-6-18(13-17)26(28)29/h3-14H,2,15H2,1H3/b11-9+. The molecular formula is C23H19N3O4S. The average Bonchev–Trinajstić information content (AvgIpc) is 3.44. The quantitative estimate of drug-likeness (QED) is 0.215. The number of rotatable bonds is 7. The minimum Gasteiger partial charge on any atom is -0.467 e. The summed E-state index contributed by atoms with van der Waals surface area (Å²) < 4.78 is 6.44. The Morgan fingerprint density at radius 1 is 1.23 bits per heavy atom. The third kappa shape index (κ3) is 4.70. The van der Waals surface area contributed by atoms with Crippen LogP contribution in [0.3, 0.4) is 0 Å². The first-order valence-corrected chi connectivity index (χ1v) is 10.5. The summed E-state index contributed by atoms with van der Waals surface area (Å²) in [6.45, 7) is 2.32. The molecule has 0 saturated carbocycles. The fourth-order valence-electron chi connectivity index (χ4n) is 3.09. The monoisotopic (exact) mass is 433 g/mol. The Bertz CT molecular complexity index is 1260. The van der Waals surface area contributed by atoms with E-state index in [1.54, 1.807) is 41.5 Å². The molecule has 8 heteroatoms. The topological polar surface area (TPSA) is 89.5 Å². The summed E-state index contributed by atoms with van der Waals surface area (Å²) in [6.07, 6.45) is 5.44. The van der Waals surface area contributed by atoms with Crippen molar-refractivity contribution in [3.8, 4) is 0 Å². The van der Waals surface area contributed by atoms with Gasteiger partial charge in [-0.2, -0.15) is 0 Å². The summed E-state index contributed by atoms with van der Waals surface area (Å²) in [5.74, 6) is 0.336. The summed E-state index contributed by atoms with van der Waals surface area (Å²) in [5.41, 5.74) is 2.58. The van der Waals surface area contributed by atoms with Gasteiger partial charge >= 0.3 is 0 Å². The summed E-state index contributed by atoms with van der Waals surface area (Å²) in [4.78, 5) is 29.8. The van der Waals surface area contributed by atoms with Gasteiger partial charge in [-0.3, -0.25) is 19.8 Å². The number of hydrogen-bond acceptors (Lipinski definition) is 6. The van der Waals surface area contributed by atoms with E-state index in [1.165, 1.54) is 35.1 Å². The first kappa shape index (κ1) is 20.5. The van der Waals surface area contributed by atoms with Crippen molar-refractivity contribution in [2.75, 3.05) is 4.90 Å². The van der Waals surface area contributed by atoms with E-state index in [2.05, 4.69) is 18.0 Å². The van der Waals surface area contributed by atoms with Crippen molar-refractivity contribution in [3.63, 3.8) is 0 Å². The molecule has 156 valence electrons. The Kier molecular flexibility index (Phi) is 5.90. The molecule has 2 heterocycles. The van der Waals surface area contributed by atoms with E-state index in [0.29, 0.717) is 16.5 Å². The molecule has 0 unspecified atom stereocenters. The number of hydrogen-bond donors (Lipinski definition) is 0. The van der Waals surface area contributed by atoms with Gasteiger partial charge in [0.25, 0.3) is 11.6 Å². The van der Waals surface area contributed by atoms with Crippen molar-refractivity contribution in [3.05, 3.63) is 93.9 Å². The molecule has 0 atom stereocenters. The molecule has 0 saturated heterocycles. The zero-order valence-electron chi connectivity index (χ0n) is 16.7. The first-order chi connectivity index (χ1) is 15.0. The summed E-state index contributed by atoms with van der Waals surface area (Å²) >= 11 is 1.44. The lowest BCUT2D eigenvalue weighted by Crippen LogP contribution is -2.28. The molecule has 7 nitrogen and oxygen atoms in total. The van der Waals surface area contributed by atoms with Crippen LogP contribution in [0.5, 0.6) is 0 Å². The number of fused-ring (bicyclic) bond motifs is 1. The van der Waals surface area contributed by atoms with Crippen molar-refractivity contribution in [2.24, 2.45) is 0 Å². The molecule has 0 aliphatic carbocycles. The second-order valence-electron chi connectivity index (χ2n) is 6.84. The lowest BCUT2D eigenvalue weighted by Gasteiger charge is -2.16. The second-order valence-corrected chi connectivity index (χ2v) is 7.85. The molecule has 2 aromatic heterocycles. The number of nitro benzene ring substituents is 1. The molecule has 0 fully saturated rings. The molecule has 1 amide bonds. The number of anilines is 1. The summed E-state index contributed by atoms with van der Waals surface area (Å²) in [5, 5.41) is 11.5. The number of furan rings is 1. The van der Waals surface area contributed by atoms with Crippen LogP contribution in [0.1, 0.15) is 23.8 Å². The van der Waals surface area contributed by atoms with E-state index in [-0.39, 0.29) is 18.1 Å². The number of nitro groups is 1. The van der Waals surface area contributed by atoms with Gasteiger partial charge in [0.05, 0.1) is 27.9 Å². The van der Waals surface area contributed by atoms with Crippen LogP contribution in [0.25, 0.3) is 16.3 Å². The van der Waals surface area contributed by atoms with Crippen molar-refractivity contribution in [2.45, 2.75) is 19.9 Å². The zero-order valence-corrected chi connectivity index (χ0v) is 17.5. The van der Waals surface area contributed by atoms with Crippen LogP contribution in [0.15, 0.2) is 71.4 Å². The molecule has 4 rings (SSSR count). The normalized spacial score (nSPS) is 11.3. The van der Waals surface area contributed by atoms with E-state index >= 15 is 0 Å². The van der Waals surface area contributed by atoms with Gasteiger partial charge < -0.3 is 4.42 Å². The maximum atomic E-state index is 13.1. The van der Waals surface area contributed by atoms with Crippen LogP contribution in [0.2, 0.25) is 0 Å². The predicted molar refractivity (Wildman–Crippen MR) is 121 cm³/mol. The van der Waals surface area contributed by atoms with Crippen LogP contribution in [0.4, 0.5) is 10.8 Å². The first-order valence-electron chi connectivity index (χ1n) is 9.69.